The second kappa shape index (κ2) is 7.99. The van der Waals surface area contributed by atoms with E-state index in [9.17, 15) is 4.79 Å². The number of piperidine rings is 1. The standard InChI is InChI=1S/C16H31N3O/c1-3-14(2)17-12-16(20)19-10-6-15(7-11-19)13-18-8-4-5-9-18/h14-15,17H,3-13H2,1-2H3. The number of nitrogens with one attached hydrogen (secondary N) is 1. The summed E-state index contributed by atoms with van der Waals surface area (Å²) in [5, 5.41) is 3.30. The van der Waals surface area contributed by atoms with Crippen LogP contribution in [0.5, 0.6) is 0 Å². The van der Waals surface area contributed by atoms with Crippen molar-refractivity contribution in [3.8, 4) is 0 Å². The van der Waals surface area contributed by atoms with Crippen LogP contribution >= 0.6 is 0 Å². The van der Waals surface area contributed by atoms with E-state index in [1.165, 1.54) is 45.3 Å². The number of amides is 1. The summed E-state index contributed by atoms with van der Waals surface area (Å²) >= 11 is 0. The smallest absolute Gasteiger partial charge is 0.236 e. The molecule has 0 bridgehead atoms. The number of carbonyl (C=O) groups excluding carboxylic acids is 1. The Balaban J connectivity index is 1.64. The Morgan fingerprint density at radius 3 is 2.45 bits per heavy atom. The maximum atomic E-state index is 12.1. The molecule has 2 heterocycles. The summed E-state index contributed by atoms with van der Waals surface area (Å²) < 4.78 is 0. The highest BCUT2D eigenvalue weighted by atomic mass is 16.2. The molecule has 2 rings (SSSR count). The highest BCUT2D eigenvalue weighted by Gasteiger charge is 2.25. The third-order valence-corrected chi connectivity index (χ3v) is 4.90. The molecule has 4 heteroatoms. The first kappa shape index (κ1) is 15.8. The van der Waals surface area contributed by atoms with Crippen LogP contribution in [0.15, 0.2) is 0 Å². The van der Waals surface area contributed by atoms with Gasteiger partial charge < -0.3 is 15.1 Å². The van der Waals surface area contributed by atoms with Crippen molar-refractivity contribution >= 4 is 5.91 Å². The molecule has 1 unspecified atom stereocenters. The normalized spacial score (nSPS) is 23.2. The number of nitrogens with zero attached hydrogens (tertiary/aromatic N) is 2. The van der Waals surface area contributed by atoms with Crippen LogP contribution in [0.2, 0.25) is 0 Å². The Morgan fingerprint density at radius 1 is 1.20 bits per heavy atom. The fourth-order valence-corrected chi connectivity index (χ4v) is 3.21. The number of hydrogen-bond acceptors (Lipinski definition) is 3. The first-order valence-electron chi connectivity index (χ1n) is 8.42. The van der Waals surface area contributed by atoms with E-state index in [2.05, 4.69) is 29.0 Å². The second-order valence-electron chi connectivity index (χ2n) is 6.52. The van der Waals surface area contributed by atoms with Crippen molar-refractivity contribution in [1.29, 1.82) is 0 Å². The van der Waals surface area contributed by atoms with Crippen LogP contribution in [0, 0.1) is 5.92 Å². The number of rotatable bonds is 6. The van der Waals surface area contributed by atoms with Crippen LogP contribution < -0.4 is 5.32 Å². The van der Waals surface area contributed by atoms with Crippen LogP contribution in [-0.2, 0) is 4.79 Å². The molecule has 116 valence electrons. The zero-order chi connectivity index (χ0) is 14.4. The Morgan fingerprint density at radius 2 is 1.85 bits per heavy atom. The Labute approximate surface area is 123 Å². The Kier molecular flexibility index (Phi) is 6.30. The molecule has 0 radical (unpaired) electrons. The molecule has 0 aliphatic carbocycles. The quantitative estimate of drug-likeness (QED) is 0.805. The van der Waals surface area contributed by atoms with Crippen LogP contribution in [0.1, 0.15) is 46.0 Å². The molecule has 0 aromatic heterocycles. The molecule has 2 aliphatic rings. The minimum atomic E-state index is 0.282. The van der Waals surface area contributed by atoms with Gasteiger partial charge in [-0.15, -0.1) is 0 Å². The molecule has 1 amide bonds. The van der Waals surface area contributed by atoms with Gasteiger partial charge >= 0.3 is 0 Å². The van der Waals surface area contributed by atoms with Gasteiger partial charge in [-0.3, -0.25) is 4.79 Å². The molecule has 1 N–H and O–H groups in total. The van der Waals surface area contributed by atoms with Crippen molar-refractivity contribution in [2.24, 2.45) is 5.92 Å². The summed E-state index contributed by atoms with van der Waals surface area (Å²) in [6, 6.07) is 0.437. The highest BCUT2D eigenvalue weighted by molar-refractivity contribution is 5.78. The van der Waals surface area contributed by atoms with Gasteiger partial charge in [0.05, 0.1) is 6.54 Å². The maximum absolute atomic E-state index is 12.1. The van der Waals surface area contributed by atoms with Crippen molar-refractivity contribution in [2.45, 2.75) is 52.0 Å². The first-order chi connectivity index (χ1) is 9.69. The van der Waals surface area contributed by atoms with Crippen molar-refractivity contribution in [3.63, 3.8) is 0 Å². The highest BCUT2D eigenvalue weighted by Crippen LogP contribution is 2.20. The number of likely N-dealkylation sites (tertiary alicyclic amines) is 2. The molecule has 0 aromatic carbocycles. The van der Waals surface area contributed by atoms with E-state index in [-0.39, 0.29) is 5.91 Å². The summed E-state index contributed by atoms with van der Waals surface area (Å²) in [6.45, 7) is 10.5. The summed E-state index contributed by atoms with van der Waals surface area (Å²) in [5.74, 6) is 1.09. The summed E-state index contributed by atoms with van der Waals surface area (Å²) in [5.41, 5.74) is 0. The third-order valence-electron chi connectivity index (χ3n) is 4.90. The summed E-state index contributed by atoms with van der Waals surface area (Å²) in [4.78, 5) is 16.8. The van der Waals surface area contributed by atoms with Gasteiger partial charge in [0.15, 0.2) is 0 Å². The van der Waals surface area contributed by atoms with E-state index in [4.69, 9.17) is 0 Å². The van der Waals surface area contributed by atoms with Crippen molar-refractivity contribution < 1.29 is 4.79 Å². The lowest BCUT2D eigenvalue weighted by molar-refractivity contribution is -0.131. The van der Waals surface area contributed by atoms with Crippen LogP contribution in [0.3, 0.4) is 0 Å². The lowest BCUT2D eigenvalue weighted by Crippen LogP contribution is -2.45. The molecule has 0 aromatic rings. The van der Waals surface area contributed by atoms with Gasteiger partial charge in [0.2, 0.25) is 5.91 Å². The lowest BCUT2D eigenvalue weighted by atomic mass is 9.96. The van der Waals surface area contributed by atoms with Crippen molar-refractivity contribution in [1.82, 2.24) is 15.1 Å². The fourth-order valence-electron chi connectivity index (χ4n) is 3.21. The van der Waals surface area contributed by atoms with Gasteiger partial charge in [0, 0.05) is 25.7 Å². The van der Waals surface area contributed by atoms with Crippen molar-refractivity contribution in [2.75, 3.05) is 39.3 Å². The van der Waals surface area contributed by atoms with Crippen molar-refractivity contribution in [3.05, 3.63) is 0 Å². The van der Waals surface area contributed by atoms with E-state index >= 15 is 0 Å². The van der Waals surface area contributed by atoms with Crippen LogP contribution in [0.4, 0.5) is 0 Å². The molecule has 0 saturated carbocycles. The third kappa shape index (κ3) is 4.74. The molecule has 0 spiro atoms. The van der Waals surface area contributed by atoms with Gasteiger partial charge in [-0.05, 0) is 58.0 Å². The lowest BCUT2D eigenvalue weighted by Gasteiger charge is -2.34. The molecular formula is C16H31N3O. The largest absolute Gasteiger partial charge is 0.342 e. The number of carbonyl (C=O) groups is 1. The Bertz CT molecular complexity index is 294. The molecule has 2 aliphatic heterocycles. The molecule has 1 atom stereocenters. The summed E-state index contributed by atoms with van der Waals surface area (Å²) in [7, 11) is 0. The maximum Gasteiger partial charge on any atom is 0.236 e. The van der Waals surface area contributed by atoms with Gasteiger partial charge in [0.25, 0.3) is 0 Å². The zero-order valence-corrected chi connectivity index (χ0v) is 13.2. The predicted molar refractivity (Wildman–Crippen MR) is 82.7 cm³/mol. The first-order valence-corrected chi connectivity index (χ1v) is 8.42. The minimum absolute atomic E-state index is 0.282. The monoisotopic (exact) mass is 281 g/mol. The van der Waals surface area contributed by atoms with Crippen LogP contribution in [-0.4, -0.2) is 61.0 Å². The average molecular weight is 281 g/mol. The predicted octanol–water partition coefficient (Wildman–Crippen LogP) is 1.71. The topological polar surface area (TPSA) is 35.6 Å². The summed E-state index contributed by atoms with van der Waals surface area (Å²) in [6.07, 6.45) is 6.19. The zero-order valence-electron chi connectivity index (χ0n) is 13.2. The van der Waals surface area contributed by atoms with E-state index in [0.717, 1.165) is 25.4 Å². The molecule has 2 saturated heterocycles. The van der Waals surface area contributed by atoms with E-state index < -0.39 is 0 Å². The van der Waals surface area contributed by atoms with E-state index in [0.29, 0.717) is 12.6 Å². The van der Waals surface area contributed by atoms with E-state index in [1.54, 1.807) is 0 Å². The van der Waals surface area contributed by atoms with Gasteiger partial charge in [0.1, 0.15) is 0 Å². The minimum Gasteiger partial charge on any atom is -0.342 e. The molecule has 20 heavy (non-hydrogen) atoms. The average Bonchev–Trinajstić information content (AvgIpc) is 2.98. The van der Waals surface area contributed by atoms with Crippen LogP contribution in [0.25, 0.3) is 0 Å². The second-order valence-corrected chi connectivity index (χ2v) is 6.52. The fraction of sp³-hybridized carbons (Fsp3) is 0.938. The molecule has 2 fully saturated rings. The molecular weight excluding hydrogens is 250 g/mol. The van der Waals surface area contributed by atoms with E-state index in [1.807, 2.05) is 0 Å². The Hall–Kier alpha value is -0.610. The van der Waals surface area contributed by atoms with Gasteiger partial charge in [-0.25, -0.2) is 0 Å². The number of hydrogen-bond donors (Lipinski definition) is 1. The SMILES string of the molecule is CCC(C)NCC(=O)N1CCC(CN2CCCC2)CC1. The van der Waals surface area contributed by atoms with Gasteiger partial charge in [-0.1, -0.05) is 6.92 Å². The molecule has 4 nitrogen and oxygen atoms in total. The van der Waals surface area contributed by atoms with Gasteiger partial charge in [-0.2, -0.15) is 0 Å².